The van der Waals surface area contributed by atoms with E-state index in [-0.39, 0.29) is 30.1 Å². The van der Waals surface area contributed by atoms with Crippen molar-refractivity contribution in [3.05, 3.63) is 53.8 Å². The van der Waals surface area contributed by atoms with Crippen LogP contribution < -0.4 is 0 Å². The van der Waals surface area contributed by atoms with E-state index in [1.807, 2.05) is 0 Å². The number of hydrogen-bond donors (Lipinski definition) is 6. The summed E-state index contributed by atoms with van der Waals surface area (Å²) in [7, 11) is -4.77. The van der Waals surface area contributed by atoms with Crippen molar-refractivity contribution in [2.24, 2.45) is 10.7 Å². The molecular weight excluding hydrogens is 337 g/mol. The van der Waals surface area contributed by atoms with Crippen LogP contribution in [0, 0.1) is 5.92 Å². The van der Waals surface area contributed by atoms with Gasteiger partial charge in [-0.15, -0.1) is 0 Å². The average molecular weight is 355 g/mol. The minimum atomic E-state index is -4.77. The van der Waals surface area contributed by atoms with Crippen LogP contribution in [-0.2, 0) is 11.0 Å². The fraction of sp³-hybridized carbons (Fsp3) is 0.267. The second-order valence-electron chi connectivity index (χ2n) is 5.49. The van der Waals surface area contributed by atoms with Crippen molar-refractivity contribution in [3.63, 3.8) is 0 Å². The van der Waals surface area contributed by atoms with Gasteiger partial charge in [-0.3, -0.25) is 0 Å². The van der Waals surface area contributed by atoms with Crippen molar-refractivity contribution in [1.82, 2.24) is 0 Å². The third-order valence-corrected chi connectivity index (χ3v) is 4.01. The molecule has 24 heavy (non-hydrogen) atoms. The van der Waals surface area contributed by atoms with Crippen LogP contribution >= 0.6 is 7.75 Å². The van der Waals surface area contributed by atoms with Crippen LogP contribution in [0.5, 0.6) is 5.75 Å². The molecule has 6 N–H and O–H groups in total. The summed E-state index contributed by atoms with van der Waals surface area (Å²) in [6.07, 6.45) is 3.31. The Labute approximate surface area is 138 Å². The number of aryl methyl sites for hydroxylation is 1. The van der Waals surface area contributed by atoms with Crippen LogP contribution in [0.15, 0.2) is 53.0 Å². The van der Waals surface area contributed by atoms with E-state index in [1.54, 1.807) is 12.1 Å². The van der Waals surface area contributed by atoms with Gasteiger partial charge in [0.15, 0.2) is 5.79 Å². The largest absolute Gasteiger partial charge is 0.508 e. The van der Waals surface area contributed by atoms with Crippen LogP contribution in [0.3, 0.4) is 0 Å². The Hall–Kier alpha value is -1.96. The first-order chi connectivity index (χ1) is 11.1. The number of benzene rings is 1. The quantitative estimate of drug-likeness (QED) is 0.343. The molecule has 0 heterocycles. The molecule has 1 atom stereocenters. The van der Waals surface area contributed by atoms with E-state index < -0.39 is 19.5 Å². The molecule has 0 bridgehead atoms. The number of nitrogens with zero attached hydrogens (tertiary/aromatic N) is 1. The fourth-order valence-electron chi connectivity index (χ4n) is 2.40. The smallest absolute Gasteiger partial charge is 0.448 e. The topological polar surface area (TPSA) is 151 Å². The highest BCUT2D eigenvalue weighted by Crippen LogP contribution is 2.39. The van der Waals surface area contributed by atoms with Crippen molar-refractivity contribution in [2.45, 2.75) is 18.6 Å². The van der Waals surface area contributed by atoms with Crippen molar-refractivity contribution < 1.29 is 34.8 Å². The van der Waals surface area contributed by atoms with Gasteiger partial charge in [0.2, 0.25) is 0 Å². The first-order valence-corrected chi connectivity index (χ1v) is 8.60. The molecule has 0 spiro atoms. The number of rotatable bonds is 5. The Morgan fingerprint density at radius 3 is 2.50 bits per heavy atom. The number of aromatic hydroxyl groups is 1. The van der Waals surface area contributed by atoms with Gasteiger partial charge in [-0.2, -0.15) is 4.76 Å². The lowest BCUT2D eigenvalue weighted by molar-refractivity contribution is -0.178. The summed E-state index contributed by atoms with van der Waals surface area (Å²) in [6, 6.07) is 6.24. The Bertz CT molecular complexity index is 748. The number of phenolic OH excluding ortho intramolecular Hbond substituents is 1. The molecule has 1 aromatic rings. The molecule has 9 heteroatoms. The molecule has 1 unspecified atom stereocenters. The molecule has 1 aromatic carbocycles. The molecule has 0 fully saturated rings. The van der Waals surface area contributed by atoms with Gasteiger partial charge in [0.05, 0.1) is 11.6 Å². The SMILES string of the molecule is O=P(O)(O)N=C1C=CC(O)=CC1C(O)(O)CCc1cccc(O)c1. The summed E-state index contributed by atoms with van der Waals surface area (Å²) in [6.45, 7) is 0. The first-order valence-electron chi connectivity index (χ1n) is 7.04. The summed E-state index contributed by atoms with van der Waals surface area (Å²) in [5.74, 6) is -3.95. The highest BCUT2D eigenvalue weighted by Gasteiger charge is 2.38. The molecule has 1 aliphatic carbocycles. The monoisotopic (exact) mass is 355 g/mol. The maximum atomic E-state index is 11.1. The molecular formula is C15H18NO7P. The van der Waals surface area contributed by atoms with Crippen molar-refractivity contribution in [1.29, 1.82) is 0 Å². The summed E-state index contributed by atoms with van der Waals surface area (Å²) in [5.41, 5.74) is 0.401. The first kappa shape index (κ1) is 18.4. The number of aliphatic hydroxyl groups is 3. The second-order valence-corrected chi connectivity index (χ2v) is 6.72. The van der Waals surface area contributed by atoms with Gasteiger partial charge >= 0.3 is 7.75 Å². The lowest BCUT2D eigenvalue weighted by Crippen LogP contribution is -2.42. The number of allylic oxidation sites excluding steroid dienone is 2. The third kappa shape index (κ3) is 5.02. The number of phenols is 1. The maximum Gasteiger partial charge on any atom is 0.448 e. The molecule has 0 amide bonds. The van der Waals surface area contributed by atoms with Gasteiger partial charge < -0.3 is 30.2 Å². The minimum Gasteiger partial charge on any atom is -0.508 e. The van der Waals surface area contributed by atoms with Crippen LogP contribution in [0.2, 0.25) is 0 Å². The van der Waals surface area contributed by atoms with Crippen molar-refractivity contribution >= 4 is 13.5 Å². The Kier molecular flexibility index (Phi) is 5.27. The van der Waals surface area contributed by atoms with E-state index in [0.29, 0.717) is 5.56 Å². The standard InChI is InChI=1S/C15H18NO7P/c17-11-3-1-2-10(8-11)6-7-15(19,20)13-9-12(18)4-5-14(13)16-24(21,22)23/h1-5,8-9,13,17-20H,6-7H2,(H2,21,22,23). The second kappa shape index (κ2) is 6.88. The highest BCUT2D eigenvalue weighted by molar-refractivity contribution is 7.50. The van der Waals surface area contributed by atoms with Crippen molar-refractivity contribution in [2.75, 3.05) is 0 Å². The Balaban J connectivity index is 2.23. The van der Waals surface area contributed by atoms with Gasteiger partial charge in [-0.1, -0.05) is 12.1 Å². The van der Waals surface area contributed by atoms with E-state index in [2.05, 4.69) is 4.76 Å². The Morgan fingerprint density at radius 1 is 1.17 bits per heavy atom. The van der Waals surface area contributed by atoms with Gasteiger partial charge in [0.1, 0.15) is 11.5 Å². The molecule has 0 radical (unpaired) electrons. The zero-order valence-electron chi connectivity index (χ0n) is 12.5. The predicted octanol–water partition coefficient (Wildman–Crippen LogP) is 1.17. The van der Waals surface area contributed by atoms with Gasteiger partial charge in [0, 0.05) is 6.42 Å². The van der Waals surface area contributed by atoms with E-state index >= 15 is 0 Å². The minimum absolute atomic E-state index is 0.0378. The molecule has 0 aromatic heterocycles. The molecule has 0 aliphatic heterocycles. The molecule has 8 nitrogen and oxygen atoms in total. The van der Waals surface area contributed by atoms with Crippen molar-refractivity contribution in [3.8, 4) is 5.75 Å². The molecule has 0 saturated carbocycles. The van der Waals surface area contributed by atoms with Gasteiger partial charge in [-0.25, -0.2) is 4.57 Å². The van der Waals surface area contributed by atoms with Gasteiger partial charge in [-0.05, 0) is 42.3 Å². The summed E-state index contributed by atoms with van der Waals surface area (Å²) in [4.78, 5) is 17.9. The average Bonchev–Trinajstić information content (AvgIpc) is 2.46. The molecule has 130 valence electrons. The van der Waals surface area contributed by atoms with Crippen LogP contribution in [0.1, 0.15) is 12.0 Å². The predicted molar refractivity (Wildman–Crippen MR) is 86.4 cm³/mol. The number of hydrogen-bond acceptors (Lipinski definition) is 5. The zero-order valence-corrected chi connectivity index (χ0v) is 13.4. The summed E-state index contributed by atoms with van der Waals surface area (Å²) < 4.78 is 14.3. The molecule has 0 saturated heterocycles. The lowest BCUT2D eigenvalue weighted by atomic mass is 9.86. The van der Waals surface area contributed by atoms with Crippen LogP contribution in [0.25, 0.3) is 0 Å². The van der Waals surface area contributed by atoms with E-state index in [1.165, 1.54) is 12.1 Å². The third-order valence-electron chi connectivity index (χ3n) is 3.52. The van der Waals surface area contributed by atoms with Crippen LogP contribution in [-0.4, -0.2) is 41.7 Å². The molecule has 2 rings (SSSR count). The van der Waals surface area contributed by atoms with Gasteiger partial charge in [0.25, 0.3) is 0 Å². The zero-order chi connectivity index (χ0) is 18.0. The van der Waals surface area contributed by atoms with Crippen LogP contribution in [0.4, 0.5) is 0 Å². The fourth-order valence-corrected chi connectivity index (χ4v) is 2.89. The highest BCUT2D eigenvalue weighted by atomic mass is 31.2. The molecule has 1 aliphatic rings. The summed E-state index contributed by atoms with van der Waals surface area (Å²) >= 11 is 0. The van der Waals surface area contributed by atoms with E-state index in [4.69, 9.17) is 9.79 Å². The lowest BCUT2D eigenvalue weighted by Gasteiger charge is -2.31. The summed E-state index contributed by atoms with van der Waals surface area (Å²) in [5, 5.41) is 39.6. The normalized spacial score (nSPS) is 20.2. The maximum absolute atomic E-state index is 11.1. The Morgan fingerprint density at radius 2 is 1.88 bits per heavy atom. The number of aliphatic hydroxyl groups excluding tert-OH is 1. The van der Waals surface area contributed by atoms with E-state index in [0.717, 1.165) is 18.2 Å². The van der Waals surface area contributed by atoms with E-state index in [9.17, 15) is 25.0 Å².